The van der Waals surface area contributed by atoms with Gasteiger partial charge in [-0.15, -0.1) is 0 Å². The van der Waals surface area contributed by atoms with E-state index >= 15 is 0 Å². The molecule has 2 heteroatoms. The Labute approximate surface area is 81.1 Å². The van der Waals surface area contributed by atoms with Gasteiger partial charge in [-0.05, 0) is 32.4 Å². The van der Waals surface area contributed by atoms with E-state index in [9.17, 15) is 4.79 Å². The predicted octanol–water partition coefficient (Wildman–Crippen LogP) is 2.14. The first-order valence-electron chi connectivity index (χ1n) is 5.49. The van der Waals surface area contributed by atoms with Gasteiger partial charge in [-0.3, -0.25) is 4.79 Å². The summed E-state index contributed by atoms with van der Waals surface area (Å²) in [5.41, 5.74) is 0.0365. The fourth-order valence-corrected chi connectivity index (χ4v) is 2.43. The van der Waals surface area contributed by atoms with Crippen LogP contribution in [-0.2, 0) is 4.79 Å². The van der Waals surface area contributed by atoms with Crippen LogP contribution < -0.4 is 5.32 Å². The fraction of sp³-hybridized carbons (Fsp3) is 0.909. The molecule has 2 nitrogen and oxygen atoms in total. The first-order valence-corrected chi connectivity index (χ1v) is 5.49. The third kappa shape index (κ3) is 2.31. The molecule has 0 saturated carbocycles. The second kappa shape index (κ2) is 4.75. The van der Waals surface area contributed by atoms with Gasteiger partial charge in [0.15, 0.2) is 0 Å². The summed E-state index contributed by atoms with van der Waals surface area (Å²) in [6, 6.07) is 0. The van der Waals surface area contributed by atoms with Crippen LogP contribution in [0.4, 0.5) is 0 Å². The zero-order valence-corrected chi connectivity index (χ0v) is 8.86. The molecule has 1 rings (SSSR count). The van der Waals surface area contributed by atoms with Gasteiger partial charge < -0.3 is 5.32 Å². The molecule has 0 aliphatic carbocycles. The zero-order valence-electron chi connectivity index (χ0n) is 8.86. The van der Waals surface area contributed by atoms with Crippen molar-refractivity contribution < 1.29 is 4.79 Å². The van der Waals surface area contributed by atoms with E-state index in [1.165, 1.54) is 0 Å². The molecular formula is C11H21NO. The lowest BCUT2D eigenvalue weighted by atomic mass is 9.71. The van der Waals surface area contributed by atoms with Crippen molar-refractivity contribution in [3.05, 3.63) is 0 Å². The van der Waals surface area contributed by atoms with Crippen LogP contribution in [0.15, 0.2) is 0 Å². The number of ketones is 1. The molecule has 1 saturated heterocycles. The summed E-state index contributed by atoms with van der Waals surface area (Å²) in [6.07, 6.45) is 5.02. The maximum absolute atomic E-state index is 11.9. The van der Waals surface area contributed by atoms with E-state index in [-0.39, 0.29) is 5.41 Å². The molecule has 0 unspecified atom stereocenters. The molecule has 0 aromatic carbocycles. The van der Waals surface area contributed by atoms with Gasteiger partial charge in [-0.1, -0.05) is 20.3 Å². The quantitative estimate of drug-likeness (QED) is 0.723. The lowest BCUT2D eigenvalue weighted by Gasteiger charge is -2.36. The summed E-state index contributed by atoms with van der Waals surface area (Å²) in [5.74, 6) is 0.482. The van der Waals surface area contributed by atoms with Crippen LogP contribution in [0.5, 0.6) is 0 Å². The molecule has 1 aliphatic rings. The molecule has 0 atom stereocenters. The highest BCUT2D eigenvalue weighted by Crippen LogP contribution is 2.35. The number of piperidine rings is 1. The maximum atomic E-state index is 11.9. The smallest absolute Gasteiger partial charge is 0.138 e. The summed E-state index contributed by atoms with van der Waals surface area (Å²) in [5, 5.41) is 3.32. The van der Waals surface area contributed by atoms with Gasteiger partial charge in [-0.25, -0.2) is 0 Å². The third-order valence-corrected chi connectivity index (χ3v) is 3.20. The number of carbonyl (C=O) groups excluding carboxylic acids is 1. The van der Waals surface area contributed by atoms with Gasteiger partial charge in [0.2, 0.25) is 0 Å². The molecule has 0 aromatic rings. The van der Waals surface area contributed by atoms with Crippen molar-refractivity contribution in [3.8, 4) is 0 Å². The molecule has 0 spiro atoms. The Kier molecular flexibility index (Phi) is 3.91. The average molecular weight is 183 g/mol. The van der Waals surface area contributed by atoms with E-state index in [2.05, 4.69) is 12.2 Å². The van der Waals surface area contributed by atoms with Crippen LogP contribution in [-0.4, -0.2) is 18.9 Å². The van der Waals surface area contributed by atoms with E-state index in [1.807, 2.05) is 6.92 Å². The van der Waals surface area contributed by atoms with E-state index in [4.69, 9.17) is 0 Å². The first-order chi connectivity index (χ1) is 6.25. The number of Topliss-reactive ketones (excluding diaryl/α,β-unsaturated/α-hetero) is 1. The maximum Gasteiger partial charge on any atom is 0.138 e. The van der Waals surface area contributed by atoms with Crippen LogP contribution >= 0.6 is 0 Å². The van der Waals surface area contributed by atoms with Crippen molar-refractivity contribution in [3.63, 3.8) is 0 Å². The van der Waals surface area contributed by atoms with Crippen molar-refractivity contribution in [1.82, 2.24) is 5.32 Å². The molecule has 1 N–H and O–H groups in total. The van der Waals surface area contributed by atoms with Crippen LogP contribution in [0.1, 0.15) is 46.0 Å². The highest BCUT2D eigenvalue weighted by atomic mass is 16.1. The van der Waals surface area contributed by atoms with Crippen LogP contribution in [0.25, 0.3) is 0 Å². The molecular weight excluding hydrogens is 162 g/mol. The minimum absolute atomic E-state index is 0.0365. The van der Waals surface area contributed by atoms with Crippen molar-refractivity contribution in [2.45, 2.75) is 46.0 Å². The molecule has 76 valence electrons. The Morgan fingerprint density at radius 2 is 1.92 bits per heavy atom. The zero-order chi connectivity index (χ0) is 9.73. The normalized spacial score (nSPS) is 21.4. The van der Waals surface area contributed by atoms with Crippen LogP contribution in [0.2, 0.25) is 0 Å². The van der Waals surface area contributed by atoms with E-state index in [1.54, 1.807) is 0 Å². The summed E-state index contributed by atoms with van der Waals surface area (Å²) < 4.78 is 0. The highest BCUT2D eigenvalue weighted by Gasteiger charge is 2.36. The molecule has 0 bridgehead atoms. The van der Waals surface area contributed by atoms with Crippen LogP contribution in [0.3, 0.4) is 0 Å². The number of carbonyl (C=O) groups is 1. The van der Waals surface area contributed by atoms with Gasteiger partial charge in [0, 0.05) is 11.8 Å². The Morgan fingerprint density at radius 3 is 2.38 bits per heavy atom. The minimum atomic E-state index is 0.0365. The SMILES string of the molecule is CCCC1(C(=O)CC)CCNCC1. The molecule has 0 radical (unpaired) electrons. The predicted molar refractivity (Wildman–Crippen MR) is 54.7 cm³/mol. The second-order valence-electron chi connectivity index (χ2n) is 4.06. The van der Waals surface area contributed by atoms with Crippen molar-refractivity contribution >= 4 is 5.78 Å². The Morgan fingerprint density at radius 1 is 1.31 bits per heavy atom. The van der Waals surface area contributed by atoms with Gasteiger partial charge in [-0.2, -0.15) is 0 Å². The van der Waals surface area contributed by atoms with E-state index in [0.29, 0.717) is 12.2 Å². The number of rotatable bonds is 4. The third-order valence-electron chi connectivity index (χ3n) is 3.20. The monoisotopic (exact) mass is 183 g/mol. The summed E-state index contributed by atoms with van der Waals surface area (Å²) in [6.45, 7) is 6.20. The number of hydrogen-bond donors (Lipinski definition) is 1. The fourth-order valence-electron chi connectivity index (χ4n) is 2.43. The van der Waals surface area contributed by atoms with Crippen molar-refractivity contribution in [1.29, 1.82) is 0 Å². The number of hydrogen-bond acceptors (Lipinski definition) is 2. The molecule has 0 aromatic heterocycles. The number of nitrogens with one attached hydrogen (secondary N) is 1. The summed E-state index contributed by atoms with van der Waals surface area (Å²) >= 11 is 0. The molecule has 0 amide bonds. The van der Waals surface area contributed by atoms with Gasteiger partial charge in [0.25, 0.3) is 0 Å². The Hall–Kier alpha value is -0.370. The molecule has 13 heavy (non-hydrogen) atoms. The topological polar surface area (TPSA) is 29.1 Å². The van der Waals surface area contributed by atoms with Gasteiger partial charge >= 0.3 is 0 Å². The standard InChI is InChI=1S/C11H21NO/c1-3-5-11(10(13)4-2)6-8-12-9-7-11/h12H,3-9H2,1-2H3. The van der Waals surface area contributed by atoms with Crippen molar-refractivity contribution in [2.75, 3.05) is 13.1 Å². The Balaban J connectivity index is 2.66. The lowest BCUT2D eigenvalue weighted by Crippen LogP contribution is -2.41. The van der Waals surface area contributed by atoms with E-state index in [0.717, 1.165) is 38.8 Å². The molecule has 1 heterocycles. The first kappa shape index (κ1) is 10.7. The molecule has 1 aliphatic heterocycles. The Bertz CT molecular complexity index is 165. The molecule has 1 fully saturated rings. The summed E-state index contributed by atoms with van der Waals surface area (Å²) in [7, 11) is 0. The average Bonchev–Trinajstić information content (AvgIpc) is 2.18. The summed E-state index contributed by atoms with van der Waals surface area (Å²) in [4.78, 5) is 11.9. The largest absolute Gasteiger partial charge is 0.317 e. The minimum Gasteiger partial charge on any atom is -0.317 e. The second-order valence-corrected chi connectivity index (χ2v) is 4.06. The van der Waals surface area contributed by atoms with Crippen LogP contribution in [0, 0.1) is 5.41 Å². The van der Waals surface area contributed by atoms with Crippen molar-refractivity contribution in [2.24, 2.45) is 5.41 Å². The van der Waals surface area contributed by atoms with Gasteiger partial charge in [0.05, 0.1) is 0 Å². The lowest BCUT2D eigenvalue weighted by molar-refractivity contribution is -0.130. The highest BCUT2D eigenvalue weighted by molar-refractivity contribution is 5.84. The van der Waals surface area contributed by atoms with Gasteiger partial charge in [0.1, 0.15) is 5.78 Å². The van der Waals surface area contributed by atoms with E-state index < -0.39 is 0 Å².